The number of benzene rings is 2. The van der Waals surface area contributed by atoms with E-state index in [-0.39, 0.29) is 0 Å². The maximum Gasteiger partial charge on any atom is 0.416 e. The summed E-state index contributed by atoms with van der Waals surface area (Å²) in [6.45, 7) is 0.391. The number of esters is 1. The van der Waals surface area contributed by atoms with Crippen LogP contribution in [-0.2, 0) is 22.3 Å². The van der Waals surface area contributed by atoms with Gasteiger partial charge in [-0.25, -0.2) is 4.79 Å². The van der Waals surface area contributed by atoms with E-state index in [1.807, 2.05) is 30.3 Å². The third kappa shape index (κ3) is 4.56. The van der Waals surface area contributed by atoms with Crippen LogP contribution in [0.2, 0.25) is 0 Å². The Balaban J connectivity index is 2.16. The SMILES string of the molecule is COC(=O)[C@H](NCc1ccccc1)c1ccc(C(F)(F)F)cc1. The molecule has 2 aromatic carbocycles. The monoisotopic (exact) mass is 323 g/mol. The molecule has 0 fully saturated rings. The van der Waals surface area contributed by atoms with Gasteiger partial charge in [-0.3, -0.25) is 5.32 Å². The largest absolute Gasteiger partial charge is 0.468 e. The molecule has 0 unspecified atom stereocenters. The average molecular weight is 323 g/mol. The zero-order chi connectivity index (χ0) is 16.9. The van der Waals surface area contributed by atoms with E-state index in [4.69, 9.17) is 4.74 Å². The van der Waals surface area contributed by atoms with Gasteiger partial charge in [0.05, 0.1) is 12.7 Å². The summed E-state index contributed by atoms with van der Waals surface area (Å²) in [6.07, 6.45) is -4.41. The van der Waals surface area contributed by atoms with E-state index < -0.39 is 23.8 Å². The van der Waals surface area contributed by atoms with E-state index in [2.05, 4.69) is 5.32 Å². The zero-order valence-electron chi connectivity index (χ0n) is 12.4. The van der Waals surface area contributed by atoms with Crippen molar-refractivity contribution in [3.8, 4) is 0 Å². The van der Waals surface area contributed by atoms with Gasteiger partial charge in [0.25, 0.3) is 0 Å². The van der Waals surface area contributed by atoms with Crippen LogP contribution in [0.3, 0.4) is 0 Å². The molecule has 2 aromatic rings. The fraction of sp³-hybridized carbons (Fsp3) is 0.235. The molecular formula is C17H16F3NO2. The number of hydrogen-bond acceptors (Lipinski definition) is 3. The molecular weight excluding hydrogens is 307 g/mol. The Hall–Kier alpha value is -2.34. The van der Waals surface area contributed by atoms with Gasteiger partial charge >= 0.3 is 12.1 Å². The number of ether oxygens (including phenoxy) is 1. The lowest BCUT2D eigenvalue weighted by Gasteiger charge is -2.17. The highest BCUT2D eigenvalue weighted by atomic mass is 19.4. The van der Waals surface area contributed by atoms with Gasteiger partial charge in [0.15, 0.2) is 0 Å². The summed E-state index contributed by atoms with van der Waals surface area (Å²) in [4.78, 5) is 11.9. The molecule has 0 radical (unpaired) electrons. The topological polar surface area (TPSA) is 38.3 Å². The lowest BCUT2D eigenvalue weighted by Crippen LogP contribution is -2.29. The van der Waals surface area contributed by atoms with Gasteiger partial charge in [-0.15, -0.1) is 0 Å². The Morgan fingerprint density at radius 1 is 1.09 bits per heavy atom. The zero-order valence-corrected chi connectivity index (χ0v) is 12.4. The molecule has 0 aliphatic heterocycles. The minimum atomic E-state index is -4.41. The summed E-state index contributed by atoms with van der Waals surface area (Å²) < 4.78 is 42.6. The van der Waals surface area contributed by atoms with Gasteiger partial charge in [-0.1, -0.05) is 42.5 Å². The quantitative estimate of drug-likeness (QED) is 0.853. The van der Waals surface area contributed by atoms with Gasteiger partial charge in [0.1, 0.15) is 6.04 Å². The molecule has 0 spiro atoms. The summed E-state index contributed by atoms with van der Waals surface area (Å²) in [5.74, 6) is -0.555. The molecule has 23 heavy (non-hydrogen) atoms. The standard InChI is InChI=1S/C17H16F3NO2/c1-23-16(22)15(21-11-12-5-3-2-4-6-12)13-7-9-14(10-8-13)17(18,19)20/h2-10,15,21H,11H2,1H3/t15-/m1/s1. The van der Waals surface area contributed by atoms with E-state index >= 15 is 0 Å². The van der Waals surface area contributed by atoms with Crippen LogP contribution in [0.5, 0.6) is 0 Å². The predicted octanol–water partition coefficient (Wildman–Crippen LogP) is 3.71. The van der Waals surface area contributed by atoms with Crippen LogP contribution in [0, 0.1) is 0 Å². The first-order chi connectivity index (χ1) is 10.9. The Bertz CT molecular complexity index is 639. The molecule has 0 aromatic heterocycles. The van der Waals surface area contributed by atoms with Gasteiger partial charge in [0, 0.05) is 6.54 Å². The Morgan fingerprint density at radius 2 is 1.70 bits per heavy atom. The molecule has 1 atom stereocenters. The van der Waals surface area contributed by atoms with E-state index in [1.54, 1.807) is 0 Å². The molecule has 0 saturated heterocycles. The average Bonchev–Trinajstić information content (AvgIpc) is 2.55. The molecule has 0 saturated carbocycles. The number of carbonyl (C=O) groups excluding carboxylic acids is 1. The minimum Gasteiger partial charge on any atom is -0.468 e. The first-order valence-corrected chi connectivity index (χ1v) is 6.94. The number of hydrogen-bond donors (Lipinski definition) is 1. The Morgan fingerprint density at radius 3 is 2.22 bits per heavy atom. The fourth-order valence-electron chi connectivity index (χ4n) is 2.14. The molecule has 6 heteroatoms. The van der Waals surface area contributed by atoms with Crippen LogP contribution in [0.1, 0.15) is 22.7 Å². The predicted molar refractivity (Wildman–Crippen MR) is 79.5 cm³/mol. The van der Waals surface area contributed by atoms with Crippen molar-refractivity contribution in [3.05, 3.63) is 71.3 Å². The fourth-order valence-corrected chi connectivity index (χ4v) is 2.14. The van der Waals surface area contributed by atoms with Crippen molar-refractivity contribution in [2.75, 3.05) is 7.11 Å². The molecule has 2 rings (SSSR count). The van der Waals surface area contributed by atoms with Gasteiger partial charge in [-0.05, 0) is 23.3 Å². The molecule has 0 aliphatic rings. The minimum absolute atomic E-state index is 0.391. The van der Waals surface area contributed by atoms with E-state index in [1.165, 1.54) is 19.2 Å². The highest BCUT2D eigenvalue weighted by molar-refractivity contribution is 5.77. The van der Waals surface area contributed by atoms with Gasteiger partial charge in [-0.2, -0.15) is 13.2 Å². The Labute approximate surface area is 132 Å². The van der Waals surface area contributed by atoms with Crippen molar-refractivity contribution in [3.63, 3.8) is 0 Å². The van der Waals surface area contributed by atoms with Crippen molar-refractivity contribution in [2.45, 2.75) is 18.8 Å². The molecule has 0 amide bonds. The van der Waals surface area contributed by atoms with Crippen LogP contribution >= 0.6 is 0 Å². The lowest BCUT2D eigenvalue weighted by molar-refractivity contribution is -0.143. The Kier molecular flexibility index (Phi) is 5.39. The summed E-state index contributed by atoms with van der Waals surface area (Å²) in [6, 6.07) is 13.0. The number of methoxy groups -OCH3 is 1. The molecule has 3 nitrogen and oxygen atoms in total. The number of alkyl halides is 3. The molecule has 122 valence electrons. The van der Waals surface area contributed by atoms with Gasteiger partial charge < -0.3 is 4.74 Å². The number of nitrogens with one attached hydrogen (secondary N) is 1. The summed E-state index contributed by atoms with van der Waals surface area (Å²) >= 11 is 0. The summed E-state index contributed by atoms with van der Waals surface area (Å²) in [5, 5.41) is 3.01. The highest BCUT2D eigenvalue weighted by Gasteiger charge is 2.30. The second-order valence-corrected chi connectivity index (χ2v) is 4.94. The van der Waals surface area contributed by atoms with Crippen molar-refractivity contribution < 1.29 is 22.7 Å². The van der Waals surface area contributed by atoms with Crippen LogP contribution in [0.15, 0.2) is 54.6 Å². The van der Waals surface area contributed by atoms with Crippen molar-refractivity contribution >= 4 is 5.97 Å². The van der Waals surface area contributed by atoms with Crippen molar-refractivity contribution in [1.29, 1.82) is 0 Å². The summed E-state index contributed by atoms with van der Waals surface area (Å²) in [5.41, 5.74) is 0.613. The first-order valence-electron chi connectivity index (χ1n) is 6.94. The lowest BCUT2D eigenvalue weighted by atomic mass is 10.0. The second kappa shape index (κ2) is 7.28. The van der Waals surface area contributed by atoms with Crippen molar-refractivity contribution in [1.82, 2.24) is 5.32 Å². The van der Waals surface area contributed by atoms with E-state index in [9.17, 15) is 18.0 Å². The molecule has 0 aliphatic carbocycles. The van der Waals surface area contributed by atoms with E-state index in [0.29, 0.717) is 12.1 Å². The number of halogens is 3. The highest BCUT2D eigenvalue weighted by Crippen LogP contribution is 2.30. The normalized spacial score (nSPS) is 12.7. The maximum atomic E-state index is 12.6. The van der Waals surface area contributed by atoms with E-state index in [0.717, 1.165) is 17.7 Å². The molecule has 1 N–H and O–H groups in total. The maximum absolute atomic E-state index is 12.6. The first kappa shape index (κ1) is 17.0. The molecule has 0 heterocycles. The summed E-state index contributed by atoms with van der Waals surface area (Å²) in [7, 11) is 1.24. The van der Waals surface area contributed by atoms with Crippen LogP contribution in [-0.4, -0.2) is 13.1 Å². The van der Waals surface area contributed by atoms with Crippen LogP contribution in [0.25, 0.3) is 0 Å². The van der Waals surface area contributed by atoms with Crippen LogP contribution < -0.4 is 5.32 Å². The molecule has 0 bridgehead atoms. The van der Waals surface area contributed by atoms with Crippen molar-refractivity contribution in [2.24, 2.45) is 0 Å². The second-order valence-electron chi connectivity index (χ2n) is 4.94. The third-order valence-corrected chi connectivity index (χ3v) is 3.36. The van der Waals surface area contributed by atoms with Crippen LogP contribution in [0.4, 0.5) is 13.2 Å². The van der Waals surface area contributed by atoms with Gasteiger partial charge in [0.2, 0.25) is 0 Å². The third-order valence-electron chi connectivity index (χ3n) is 3.36. The number of carbonyl (C=O) groups is 1. The smallest absolute Gasteiger partial charge is 0.416 e. The number of rotatable bonds is 5.